The molecule has 0 aromatic carbocycles. The highest BCUT2D eigenvalue weighted by Gasteiger charge is 2.04. The minimum absolute atomic E-state index is 0.531. The summed E-state index contributed by atoms with van der Waals surface area (Å²) in [5.41, 5.74) is 2.19. The molecule has 0 spiro atoms. The molecule has 2 aromatic rings. The lowest BCUT2D eigenvalue weighted by molar-refractivity contribution is 0.858. The molecule has 2 rings (SSSR count). The van der Waals surface area contributed by atoms with Gasteiger partial charge in [0.25, 0.3) is 0 Å². The fourth-order valence-corrected chi connectivity index (χ4v) is 1.38. The van der Waals surface area contributed by atoms with Crippen molar-refractivity contribution in [3.63, 3.8) is 0 Å². The first-order valence-electron chi connectivity index (χ1n) is 4.58. The van der Waals surface area contributed by atoms with Crippen LogP contribution in [0.2, 0.25) is 0 Å². The molecule has 2 heterocycles. The van der Waals surface area contributed by atoms with E-state index in [1.165, 1.54) is 6.20 Å². The Morgan fingerprint density at radius 3 is 3.14 bits per heavy atom. The number of nitriles is 1. The zero-order valence-electron chi connectivity index (χ0n) is 7.94. The molecule has 14 heavy (non-hydrogen) atoms. The van der Waals surface area contributed by atoms with Gasteiger partial charge in [-0.15, -0.1) is 0 Å². The van der Waals surface area contributed by atoms with Crippen molar-refractivity contribution in [3.05, 3.63) is 29.7 Å². The number of nitrogens with zero attached hydrogens (tertiary/aromatic N) is 4. The van der Waals surface area contributed by atoms with Crippen LogP contribution in [0.4, 0.5) is 0 Å². The molecule has 4 nitrogen and oxygen atoms in total. The first-order chi connectivity index (χ1) is 6.85. The maximum atomic E-state index is 8.80. The molecule has 0 aliphatic heterocycles. The van der Waals surface area contributed by atoms with Crippen LogP contribution in [0.25, 0.3) is 5.65 Å². The predicted octanol–water partition coefficient (Wildman–Crippen LogP) is 1.55. The van der Waals surface area contributed by atoms with Crippen LogP contribution in [0.3, 0.4) is 0 Å². The van der Waals surface area contributed by atoms with Crippen molar-refractivity contribution < 1.29 is 0 Å². The molecule has 0 saturated heterocycles. The van der Waals surface area contributed by atoms with Crippen molar-refractivity contribution in [1.29, 1.82) is 5.26 Å². The summed E-state index contributed by atoms with van der Waals surface area (Å²) in [6.45, 7) is 2.10. The van der Waals surface area contributed by atoms with Gasteiger partial charge in [0.1, 0.15) is 11.6 Å². The molecule has 0 fully saturated rings. The van der Waals surface area contributed by atoms with Gasteiger partial charge in [-0.3, -0.25) is 0 Å². The Balaban J connectivity index is 2.57. The monoisotopic (exact) mass is 186 g/mol. The average Bonchev–Trinajstić information content (AvgIpc) is 2.60. The van der Waals surface area contributed by atoms with Gasteiger partial charge in [-0.2, -0.15) is 10.4 Å². The zero-order valence-corrected chi connectivity index (χ0v) is 7.94. The molecule has 0 N–H and O–H groups in total. The van der Waals surface area contributed by atoms with Crippen molar-refractivity contribution in [2.24, 2.45) is 0 Å². The van der Waals surface area contributed by atoms with Gasteiger partial charge in [-0.05, 0) is 12.5 Å². The Kier molecular flexibility index (Phi) is 2.15. The van der Waals surface area contributed by atoms with Gasteiger partial charge in [0.05, 0.1) is 6.20 Å². The molecular weight excluding hydrogens is 176 g/mol. The highest BCUT2D eigenvalue weighted by Crippen LogP contribution is 2.08. The number of rotatable bonds is 2. The standard InChI is InChI=1S/C10H10N4/c1-2-3-9-4-5-14-10(13-9)8(6-11)7-12-14/h4-5,7H,2-3H2,1H3. The van der Waals surface area contributed by atoms with Crippen LogP contribution in [-0.2, 0) is 6.42 Å². The van der Waals surface area contributed by atoms with Crippen LogP contribution in [0.15, 0.2) is 18.5 Å². The van der Waals surface area contributed by atoms with Gasteiger partial charge in [-0.1, -0.05) is 13.3 Å². The Morgan fingerprint density at radius 1 is 1.57 bits per heavy atom. The lowest BCUT2D eigenvalue weighted by Gasteiger charge is -1.98. The van der Waals surface area contributed by atoms with Crippen molar-refractivity contribution in [1.82, 2.24) is 14.6 Å². The summed E-state index contributed by atoms with van der Waals surface area (Å²) in [6.07, 6.45) is 5.37. The normalized spacial score (nSPS) is 10.3. The van der Waals surface area contributed by atoms with E-state index in [1.807, 2.05) is 12.3 Å². The topological polar surface area (TPSA) is 54.0 Å². The van der Waals surface area contributed by atoms with E-state index in [2.05, 4.69) is 23.1 Å². The van der Waals surface area contributed by atoms with E-state index < -0.39 is 0 Å². The van der Waals surface area contributed by atoms with E-state index in [-0.39, 0.29) is 0 Å². The Hall–Kier alpha value is -1.89. The van der Waals surface area contributed by atoms with Crippen LogP contribution in [0.5, 0.6) is 0 Å². The summed E-state index contributed by atoms with van der Waals surface area (Å²) >= 11 is 0. The molecule has 0 saturated carbocycles. The number of hydrogen-bond acceptors (Lipinski definition) is 3. The summed E-state index contributed by atoms with van der Waals surface area (Å²) in [4.78, 5) is 4.37. The molecule has 4 heteroatoms. The molecule has 0 atom stereocenters. The number of hydrogen-bond donors (Lipinski definition) is 0. The van der Waals surface area contributed by atoms with Crippen molar-refractivity contribution in [2.45, 2.75) is 19.8 Å². The Bertz CT molecular complexity index is 492. The second-order valence-corrected chi connectivity index (χ2v) is 3.11. The molecule has 0 unspecified atom stereocenters. The largest absolute Gasteiger partial charge is 0.232 e. The predicted molar refractivity (Wildman–Crippen MR) is 51.7 cm³/mol. The Labute approximate surface area is 81.8 Å². The maximum absolute atomic E-state index is 8.80. The molecule has 0 amide bonds. The van der Waals surface area contributed by atoms with Crippen LogP contribution in [0.1, 0.15) is 24.6 Å². The van der Waals surface area contributed by atoms with E-state index in [0.29, 0.717) is 11.2 Å². The van der Waals surface area contributed by atoms with Gasteiger partial charge >= 0.3 is 0 Å². The minimum atomic E-state index is 0.531. The van der Waals surface area contributed by atoms with E-state index in [9.17, 15) is 0 Å². The molecule has 0 radical (unpaired) electrons. The number of aromatic nitrogens is 3. The fourth-order valence-electron chi connectivity index (χ4n) is 1.38. The molecule has 0 aliphatic rings. The number of aryl methyl sites for hydroxylation is 1. The second kappa shape index (κ2) is 3.46. The van der Waals surface area contributed by atoms with Gasteiger partial charge in [0.15, 0.2) is 5.65 Å². The van der Waals surface area contributed by atoms with Crippen molar-refractivity contribution in [2.75, 3.05) is 0 Å². The third-order valence-electron chi connectivity index (χ3n) is 2.05. The van der Waals surface area contributed by atoms with Gasteiger partial charge in [0, 0.05) is 11.9 Å². The third kappa shape index (κ3) is 1.33. The molecule has 0 aliphatic carbocycles. The van der Waals surface area contributed by atoms with E-state index in [4.69, 9.17) is 5.26 Å². The van der Waals surface area contributed by atoms with E-state index in [0.717, 1.165) is 18.5 Å². The van der Waals surface area contributed by atoms with Crippen LogP contribution in [-0.4, -0.2) is 14.6 Å². The van der Waals surface area contributed by atoms with Crippen LogP contribution < -0.4 is 0 Å². The van der Waals surface area contributed by atoms with Crippen molar-refractivity contribution in [3.8, 4) is 6.07 Å². The lowest BCUT2D eigenvalue weighted by atomic mass is 10.2. The molecule has 0 bridgehead atoms. The summed E-state index contributed by atoms with van der Waals surface area (Å²) in [5, 5.41) is 12.8. The summed E-state index contributed by atoms with van der Waals surface area (Å²) in [7, 11) is 0. The fraction of sp³-hybridized carbons (Fsp3) is 0.300. The molecular formula is C10H10N4. The smallest absolute Gasteiger partial charge is 0.173 e. The van der Waals surface area contributed by atoms with Crippen LogP contribution in [0, 0.1) is 11.3 Å². The first-order valence-corrected chi connectivity index (χ1v) is 4.58. The SMILES string of the molecule is CCCc1ccn2ncc(C#N)c2n1. The summed E-state index contributed by atoms with van der Waals surface area (Å²) in [6, 6.07) is 4.01. The molecule has 70 valence electrons. The highest BCUT2D eigenvalue weighted by atomic mass is 15.2. The summed E-state index contributed by atoms with van der Waals surface area (Å²) < 4.78 is 1.62. The zero-order chi connectivity index (χ0) is 9.97. The number of fused-ring (bicyclic) bond motifs is 1. The van der Waals surface area contributed by atoms with Gasteiger partial charge in [-0.25, -0.2) is 9.50 Å². The van der Waals surface area contributed by atoms with Crippen LogP contribution >= 0.6 is 0 Å². The van der Waals surface area contributed by atoms with Gasteiger partial charge < -0.3 is 0 Å². The average molecular weight is 186 g/mol. The minimum Gasteiger partial charge on any atom is -0.232 e. The first kappa shape index (κ1) is 8.70. The lowest BCUT2D eigenvalue weighted by Crippen LogP contribution is -1.95. The second-order valence-electron chi connectivity index (χ2n) is 3.11. The van der Waals surface area contributed by atoms with E-state index in [1.54, 1.807) is 4.52 Å². The van der Waals surface area contributed by atoms with Gasteiger partial charge in [0.2, 0.25) is 0 Å². The summed E-state index contributed by atoms with van der Waals surface area (Å²) in [5.74, 6) is 0. The third-order valence-corrected chi connectivity index (χ3v) is 2.05. The molecule has 2 aromatic heterocycles. The maximum Gasteiger partial charge on any atom is 0.173 e. The van der Waals surface area contributed by atoms with Crippen molar-refractivity contribution >= 4 is 5.65 Å². The highest BCUT2D eigenvalue weighted by molar-refractivity contribution is 5.53. The van der Waals surface area contributed by atoms with E-state index >= 15 is 0 Å². The quantitative estimate of drug-likeness (QED) is 0.715. The Morgan fingerprint density at radius 2 is 2.43 bits per heavy atom.